The highest BCUT2D eigenvalue weighted by Gasteiger charge is 2.14. The van der Waals surface area contributed by atoms with Crippen LogP contribution in [0.2, 0.25) is 0 Å². The molecule has 0 amide bonds. The second-order valence-electron chi connectivity index (χ2n) is 5.22. The second kappa shape index (κ2) is 7.00. The van der Waals surface area contributed by atoms with Crippen molar-refractivity contribution in [1.82, 2.24) is 4.90 Å². The molecule has 0 aliphatic rings. The van der Waals surface area contributed by atoms with E-state index in [1.54, 1.807) is 18.2 Å². The topological polar surface area (TPSA) is 58.4 Å². The first kappa shape index (κ1) is 15.9. The van der Waals surface area contributed by atoms with Crippen molar-refractivity contribution in [3.63, 3.8) is 0 Å². The van der Waals surface area contributed by atoms with Crippen LogP contribution < -0.4 is 5.32 Å². The third-order valence-corrected chi connectivity index (χ3v) is 3.43. The molecular weight excluding hydrogens is 285 g/mol. The summed E-state index contributed by atoms with van der Waals surface area (Å²) in [5.74, 6) is -0.264. The average Bonchev–Trinajstić information content (AvgIpc) is 2.47. The third-order valence-electron chi connectivity index (χ3n) is 3.43. The molecule has 0 heterocycles. The number of non-ortho nitro benzene ring substituents is 1. The number of nitro groups is 1. The first-order valence-corrected chi connectivity index (χ1v) is 6.87. The Morgan fingerprint density at radius 2 is 1.91 bits per heavy atom. The Kier molecular flexibility index (Phi) is 5.06. The van der Waals surface area contributed by atoms with Crippen molar-refractivity contribution in [2.45, 2.75) is 6.04 Å². The van der Waals surface area contributed by atoms with E-state index in [-0.39, 0.29) is 17.5 Å². The molecule has 0 saturated carbocycles. The van der Waals surface area contributed by atoms with Crippen LogP contribution in [0.3, 0.4) is 0 Å². The van der Waals surface area contributed by atoms with Crippen molar-refractivity contribution in [1.29, 1.82) is 0 Å². The Morgan fingerprint density at radius 1 is 1.23 bits per heavy atom. The maximum atomic E-state index is 13.4. The lowest BCUT2D eigenvalue weighted by Crippen LogP contribution is -2.26. The van der Waals surface area contributed by atoms with E-state index in [1.807, 2.05) is 25.1 Å². The number of nitro benzene ring substituents is 1. The zero-order valence-electron chi connectivity index (χ0n) is 12.5. The first-order chi connectivity index (χ1) is 10.5. The molecule has 2 aromatic carbocycles. The van der Waals surface area contributed by atoms with Crippen molar-refractivity contribution in [2.24, 2.45) is 0 Å². The van der Waals surface area contributed by atoms with E-state index in [1.165, 1.54) is 24.3 Å². The Balaban J connectivity index is 2.07. The first-order valence-electron chi connectivity index (χ1n) is 6.87. The molecular formula is C16H18FN3O2. The number of likely N-dealkylation sites (N-methyl/N-ethyl adjacent to an activating group) is 1. The summed E-state index contributed by atoms with van der Waals surface area (Å²) in [7, 11) is 3.85. The van der Waals surface area contributed by atoms with Gasteiger partial charge in [-0.1, -0.05) is 12.1 Å². The standard InChI is InChI=1S/C16H18FN3O2/c1-19(2)16(12-4-3-5-13(17)10-12)11-18-14-6-8-15(9-7-14)20(21)22/h3-10,16,18H,11H2,1-2H3. The molecule has 2 rings (SSSR count). The molecule has 0 saturated heterocycles. The number of nitrogens with zero attached hydrogens (tertiary/aromatic N) is 2. The summed E-state index contributed by atoms with van der Waals surface area (Å²) in [6, 6.07) is 12.7. The van der Waals surface area contributed by atoms with Crippen molar-refractivity contribution < 1.29 is 9.31 Å². The third kappa shape index (κ3) is 4.02. The molecule has 0 fully saturated rings. The molecule has 0 aliphatic heterocycles. The minimum Gasteiger partial charge on any atom is -0.383 e. The summed E-state index contributed by atoms with van der Waals surface area (Å²) in [6.07, 6.45) is 0. The van der Waals surface area contributed by atoms with Gasteiger partial charge in [0.15, 0.2) is 0 Å². The van der Waals surface area contributed by atoms with Crippen LogP contribution in [-0.2, 0) is 0 Å². The Hall–Kier alpha value is -2.47. The van der Waals surface area contributed by atoms with Crippen LogP contribution in [0, 0.1) is 15.9 Å². The van der Waals surface area contributed by atoms with Gasteiger partial charge in [0, 0.05) is 24.4 Å². The maximum Gasteiger partial charge on any atom is 0.269 e. The Morgan fingerprint density at radius 3 is 2.45 bits per heavy atom. The Labute approximate surface area is 128 Å². The Bertz CT molecular complexity index is 644. The number of benzene rings is 2. The number of halogens is 1. The van der Waals surface area contributed by atoms with Gasteiger partial charge in [-0.2, -0.15) is 0 Å². The quantitative estimate of drug-likeness (QED) is 0.656. The van der Waals surface area contributed by atoms with Crippen LogP contribution in [0.4, 0.5) is 15.8 Å². The van der Waals surface area contributed by atoms with E-state index in [9.17, 15) is 14.5 Å². The highest BCUT2D eigenvalue weighted by molar-refractivity contribution is 5.48. The van der Waals surface area contributed by atoms with Gasteiger partial charge in [-0.15, -0.1) is 0 Å². The molecule has 5 nitrogen and oxygen atoms in total. The summed E-state index contributed by atoms with van der Waals surface area (Å²) in [5, 5.41) is 13.9. The van der Waals surface area contributed by atoms with Crippen molar-refractivity contribution in [3.05, 3.63) is 70.0 Å². The maximum absolute atomic E-state index is 13.4. The lowest BCUT2D eigenvalue weighted by Gasteiger charge is -2.25. The molecule has 22 heavy (non-hydrogen) atoms. The van der Waals surface area contributed by atoms with Gasteiger partial charge in [0.1, 0.15) is 5.82 Å². The summed E-state index contributed by atoms with van der Waals surface area (Å²) in [5.41, 5.74) is 1.72. The number of hydrogen-bond donors (Lipinski definition) is 1. The number of rotatable bonds is 6. The normalized spacial score (nSPS) is 12.2. The summed E-state index contributed by atoms with van der Waals surface area (Å²) < 4.78 is 13.4. The van der Waals surface area contributed by atoms with Gasteiger partial charge in [0.25, 0.3) is 5.69 Å². The SMILES string of the molecule is CN(C)C(CNc1ccc([N+](=O)[O-])cc1)c1cccc(F)c1. The van der Waals surface area contributed by atoms with Crippen LogP contribution in [0.25, 0.3) is 0 Å². The molecule has 116 valence electrons. The van der Waals surface area contributed by atoms with E-state index >= 15 is 0 Å². The number of nitrogens with one attached hydrogen (secondary N) is 1. The molecule has 0 radical (unpaired) electrons. The molecule has 1 unspecified atom stereocenters. The van der Waals surface area contributed by atoms with E-state index in [2.05, 4.69) is 5.32 Å². The fraction of sp³-hybridized carbons (Fsp3) is 0.250. The zero-order chi connectivity index (χ0) is 16.1. The van der Waals surface area contributed by atoms with E-state index in [0.717, 1.165) is 11.3 Å². The predicted octanol–water partition coefficient (Wildman–Crippen LogP) is 3.45. The van der Waals surface area contributed by atoms with Gasteiger partial charge in [-0.05, 0) is 43.9 Å². The lowest BCUT2D eigenvalue weighted by atomic mass is 10.1. The minimum atomic E-state index is -0.431. The van der Waals surface area contributed by atoms with Crippen LogP contribution in [0.15, 0.2) is 48.5 Å². The lowest BCUT2D eigenvalue weighted by molar-refractivity contribution is -0.384. The number of anilines is 1. The van der Waals surface area contributed by atoms with Gasteiger partial charge >= 0.3 is 0 Å². The minimum absolute atomic E-state index is 0.00843. The van der Waals surface area contributed by atoms with Crippen molar-refractivity contribution in [3.8, 4) is 0 Å². The highest BCUT2D eigenvalue weighted by atomic mass is 19.1. The van der Waals surface area contributed by atoms with Crippen LogP contribution in [0.1, 0.15) is 11.6 Å². The monoisotopic (exact) mass is 303 g/mol. The van der Waals surface area contributed by atoms with Crippen molar-refractivity contribution >= 4 is 11.4 Å². The molecule has 0 aromatic heterocycles. The molecule has 2 aromatic rings. The molecule has 0 spiro atoms. The fourth-order valence-corrected chi connectivity index (χ4v) is 2.23. The van der Waals surface area contributed by atoms with Gasteiger partial charge in [0.05, 0.1) is 11.0 Å². The van der Waals surface area contributed by atoms with Gasteiger partial charge < -0.3 is 10.2 Å². The van der Waals surface area contributed by atoms with Gasteiger partial charge in [-0.25, -0.2) is 4.39 Å². The highest BCUT2D eigenvalue weighted by Crippen LogP contribution is 2.21. The molecule has 1 N–H and O–H groups in total. The van der Waals surface area contributed by atoms with Crippen molar-refractivity contribution in [2.75, 3.05) is 26.0 Å². The van der Waals surface area contributed by atoms with Crippen LogP contribution in [0.5, 0.6) is 0 Å². The summed E-state index contributed by atoms with van der Waals surface area (Å²) in [6.45, 7) is 0.564. The summed E-state index contributed by atoms with van der Waals surface area (Å²) in [4.78, 5) is 12.2. The van der Waals surface area contributed by atoms with Gasteiger partial charge in [-0.3, -0.25) is 10.1 Å². The molecule has 6 heteroatoms. The summed E-state index contributed by atoms with van der Waals surface area (Å²) >= 11 is 0. The van der Waals surface area contributed by atoms with Gasteiger partial charge in [0.2, 0.25) is 0 Å². The van der Waals surface area contributed by atoms with Crippen LogP contribution in [-0.4, -0.2) is 30.5 Å². The van der Waals surface area contributed by atoms with Crippen LogP contribution >= 0.6 is 0 Å². The predicted molar refractivity (Wildman–Crippen MR) is 84.4 cm³/mol. The number of hydrogen-bond acceptors (Lipinski definition) is 4. The zero-order valence-corrected chi connectivity index (χ0v) is 12.5. The smallest absolute Gasteiger partial charge is 0.269 e. The van der Waals surface area contributed by atoms with E-state index in [0.29, 0.717) is 6.54 Å². The van der Waals surface area contributed by atoms with E-state index in [4.69, 9.17) is 0 Å². The average molecular weight is 303 g/mol. The molecule has 0 bridgehead atoms. The fourth-order valence-electron chi connectivity index (χ4n) is 2.23. The second-order valence-corrected chi connectivity index (χ2v) is 5.22. The largest absolute Gasteiger partial charge is 0.383 e. The van der Waals surface area contributed by atoms with E-state index < -0.39 is 4.92 Å². The molecule has 0 aliphatic carbocycles. The molecule has 1 atom stereocenters.